The van der Waals surface area contributed by atoms with Crippen LogP contribution >= 0.6 is 11.3 Å². The number of carbonyl (C=O) groups is 1. The molecule has 3 rings (SSSR count). The molecule has 0 saturated heterocycles. The van der Waals surface area contributed by atoms with Crippen LogP contribution in [0.5, 0.6) is 0 Å². The maximum absolute atomic E-state index is 12.2. The number of aromatic amines is 1. The largest absolute Gasteiger partial charge is 0.361 e. The molecule has 3 nitrogen and oxygen atoms in total. The number of hydrogen-bond donors (Lipinski definition) is 1. The molecule has 20 heavy (non-hydrogen) atoms. The minimum Gasteiger partial charge on any atom is -0.361 e. The molecule has 2 heterocycles. The van der Waals surface area contributed by atoms with Crippen molar-refractivity contribution < 1.29 is 4.79 Å². The molecule has 0 saturated carbocycles. The van der Waals surface area contributed by atoms with E-state index in [1.165, 1.54) is 5.39 Å². The lowest BCUT2D eigenvalue weighted by Crippen LogP contribution is -2.27. The van der Waals surface area contributed by atoms with E-state index in [4.69, 9.17) is 0 Å². The van der Waals surface area contributed by atoms with Crippen LogP contribution in [0.15, 0.2) is 48.0 Å². The van der Waals surface area contributed by atoms with Gasteiger partial charge in [0.1, 0.15) is 0 Å². The first-order valence-electron chi connectivity index (χ1n) is 6.55. The molecule has 0 radical (unpaired) electrons. The number of rotatable bonds is 4. The van der Waals surface area contributed by atoms with Gasteiger partial charge < -0.3 is 9.88 Å². The van der Waals surface area contributed by atoms with Crippen molar-refractivity contribution >= 4 is 28.1 Å². The molecule has 2 aromatic heterocycles. The molecule has 1 amide bonds. The fourth-order valence-corrected chi connectivity index (χ4v) is 3.00. The van der Waals surface area contributed by atoms with Gasteiger partial charge in [-0.15, -0.1) is 11.3 Å². The van der Waals surface area contributed by atoms with Gasteiger partial charge in [-0.25, -0.2) is 0 Å². The predicted octanol–water partition coefficient (Wildman–Crippen LogP) is 3.43. The van der Waals surface area contributed by atoms with Crippen LogP contribution in [0.4, 0.5) is 0 Å². The van der Waals surface area contributed by atoms with Gasteiger partial charge in [-0.05, 0) is 23.1 Å². The maximum Gasteiger partial charge on any atom is 0.227 e. The highest BCUT2D eigenvalue weighted by atomic mass is 32.1. The summed E-state index contributed by atoms with van der Waals surface area (Å²) in [6, 6.07) is 12.1. The Balaban J connectivity index is 1.72. The number of thiophene rings is 1. The summed E-state index contributed by atoms with van der Waals surface area (Å²) in [5, 5.41) is 3.19. The van der Waals surface area contributed by atoms with E-state index in [1.54, 1.807) is 16.2 Å². The normalized spacial score (nSPS) is 10.8. The van der Waals surface area contributed by atoms with Crippen molar-refractivity contribution in [1.82, 2.24) is 9.88 Å². The minimum absolute atomic E-state index is 0.151. The van der Waals surface area contributed by atoms with Gasteiger partial charge >= 0.3 is 0 Å². The number of nitrogens with zero attached hydrogens (tertiary/aromatic N) is 1. The Morgan fingerprint density at radius 1 is 1.25 bits per heavy atom. The molecule has 0 unspecified atom stereocenters. The third-order valence-electron chi connectivity index (χ3n) is 3.41. The summed E-state index contributed by atoms with van der Waals surface area (Å²) >= 11 is 1.63. The predicted molar refractivity (Wildman–Crippen MR) is 82.8 cm³/mol. The quantitative estimate of drug-likeness (QED) is 0.783. The molecule has 4 heteroatoms. The lowest BCUT2D eigenvalue weighted by Gasteiger charge is -2.16. The van der Waals surface area contributed by atoms with Crippen molar-refractivity contribution in [3.63, 3.8) is 0 Å². The number of nitrogens with one attached hydrogen (secondary N) is 1. The van der Waals surface area contributed by atoms with Gasteiger partial charge in [0.05, 0.1) is 6.42 Å². The highest BCUT2D eigenvalue weighted by molar-refractivity contribution is 7.10. The molecule has 0 aliphatic heterocycles. The van der Waals surface area contributed by atoms with Crippen LogP contribution in [-0.4, -0.2) is 22.8 Å². The van der Waals surface area contributed by atoms with E-state index in [2.05, 4.69) is 11.1 Å². The van der Waals surface area contributed by atoms with Crippen LogP contribution < -0.4 is 0 Å². The molecule has 1 aromatic carbocycles. The molecule has 0 atom stereocenters. The first kappa shape index (κ1) is 12.9. The van der Waals surface area contributed by atoms with Crippen molar-refractivity contribution in [3.8, 4) is 0 Å². The van der Waals surface area contributed by atoms with Gasteiger partial charge in [-0.3, -0.25) is 4.79 Å². The molecule has 102 valence electrons. The second-order valence-electron chi connectivity index (χ2n) is 4.87. The van der Waals surface area contributed by atoms with E-state index in [9.17, 15) is 4.79 Å². The van der Waals surface area contributed by atoms with Crippen molar-refractivity contribution in [3.05, 3.63) is 58.4 Å². The Morgan fingerprint density at radius 3 is 2.90 bits per heavy atom. The van der Waals surface area contributed by atoms with Crippen LogP contribution in [0.25, 0.3) is 10.9 Å². The molecule has 1 N–H and O–H groups in total. The molecule has 0 bridgehead atoms. The molecular weight excluding hydrogens is 268 g/mol. The number of carbonyl (C=O) groups excluding carboxylic acids is 1. The topological polar surface area (TPSA) is 36.1 Å². The van der Waals surface area contributed by atoms with E-state index in [0.29, 0.717) is 13.0 Å². The Hall–Kier alpha value is -2.07. The van der Waals surface area contributed by atoms with Crippen LogP contribution in [0, 0.1) is 0 Å². The smallest absolute Gasteiger partial charge is 0.227 e. The Morgan fingerprint density at radius 2 is 2.10 bits per heavy atom. The SMILES string of the molecule is CN(Cc1c[nH]c2ccccc12)C(=O)Cc1cccs1. The number of para-hydroxylation sites is 1. The van der Waals surface area contributed by atoms with Crippen LogP contribution in [0.1, 0.15) is 10.4 Å². The number of benzene rings is 1. The number of amides is 1. The van der Waals surface area contributed by atoms with Crippen molar-refractivity contribution in [2.24, 2.45) is 0 Å². The minimum atomic E-state index is 0.151. The van der Waals surface area contributed by atoms with E-state index in [0.717, 1.165) is 16.0 Å². The number of aromatic nitrogens is 1. The first-order valence-corrected chi connectivity index (χ1v) is 7.43. The third-order valence-corrected chi connectivity index (χ3v) is 4.29. The molecule has 0 aliphatic carbocycles. The average molecular weight is 284 g/mol. The summed E-state index contributed by atoms with van der Waals surface area (Å²) in [6.07, 6.45) is 2.47. The molecular formula is C16H16N2OS. The lowest BCUT2D eigenvalue weighted by atomic mass is 10.1. The third kappa shape index (κ3) is 2.60. The zero-order chi connectivity index (χ0) is 13.9. The van der Waals surface area contributed by atoms with Crippen molar-refractivity contribution in [2.75, 3.05) is 7.05 Å². The number of hydrogen-bond acceptors (Lipinski definition) is 2. The van der Waals surface area contributed by atoms with Gasteiger partial charge in [0, 0.05) is 35.6 Å². The van der Waals surface area contributed by atoms with Crippen molar-refractivity contribution in [1.29, 1.82) is 0 Å². The number of fused-ring (bicyclic) bond motifs is 1. The van der Waals surface area contributed by atoms with Gasteiger partial charge in [0.15, 0.2) is 0 Å². The second kappa shape index (κ2) is 5.51. The highest BCUT2D eigenvalue weighted by Crippen LogP contribution is 2.19. The van der Waals surface area contributed by atoms with E-state index in [-0.39, 0.29) is 5.91 Å². The summed E-state index contributed by atoms with van der Waals surface area (Å²) in [5.41, 5.74) is 2.27. The van der Waals surface area contributed by atoms with E-state index < -0.39 is 0 Å². The zero-order valence-electron chi connectivity index (χ0n) is 11.3. The molecule has 3 aromatic rings. The molecule has 0 aliphatic rings. The summed E-state index contributed by atoms with van der Waals surface area (Å²) in [7, 11) is 1.86. The van der Waals surface area contributed by atoms with Gasteiger partial charge in [-0.2, -0.15) is 0 Å². The van der Waals surface area contributed by atoms with E-state index >= 15 is 0 Å². The molecule has 0 spiro atoms. The first-order chi connectivity index (χ1) is 9.74. The van der Waals surface area contributed by atoms with Crippen LogP contribution in [0.2, 0.25) is 0 Å². The van der Waals surface area contributed by atoms with Gasteiger partial charge in [0.2, 0.25) is 5.91 Å². The zero-order valence-corrected chi connectivity index (χ0v) is 12.1. The summed E-state index contributed by atoms with van der Waals surface area (Å²) < 4.78 is 0. The average Bonchev–Trinajstić information content (AvgIpc) is 3.09. The second-order valence-corrected chi connectivity index (χ2v) is 5.90. The monoisotopic (exact) mass is 284 g/mol. The Kier molecular flexibility index (Phi) is 3.56. The maximum atomic E-state index is 12.2. The number of H-pyrrole nitrogens is 1. The summed E-state index contributed by atoms with van der Waals surface area (Å²) in [5.74, 6) is 0.151. The summed E-state index contributed by atoms with van der Waals surface area (Å²) in [4.78, 5) is 18.3. The lowest BCUT2D eigenvalue weighted by molar-refractivity contribution is -0.129. The Labute approximate surface area is 121 Å². The molecule has 0 fully saturated rings. The number of likely N-dealkylation sites (N-methyl/N-ethyl adjacent to an activating group) is 1. The van der Waals surface area contributed by atoms with E-state index in [1.807, 2.05) is 49.0 Å². The van der Waals surface area contributed by atoms with Gasteiger partial charge in [0.25, 0.3) is 0 Å². The Bertz CT molecular complexity index is 715. The van der Waals surface area contributed by atoms with Crippen LogP contribution in [-0.2, 0) is 17.8 Å². The van der Waals surface area contributed by atoms with Gasteiger partial charge in [-0.1, -0.05) is 24.3 Å². The van der Waals surface area contributed by atoms with Crippen molar-refractivity contribution in [2.45, 2.75) is 13.0 Å². The highest BCUT2D eigenvalue weighted by Gasteiger charge is 2.12. The van der Waals surface area contributed by atoms with Crippen LogP contribution in [0.3, 0.4) is 0 Å². The summed E-state index contributed by atoms with van der Waals surface area (Å²) in [6.45, 7) is 0.633. The fourth-order valence-electron chi connectivity index (χ4n) is 2.30. The fraction of sp³-hybridized carbons (Fsp3) is 0.188. The standard InChI is InChI=1S/C16H16N2OS/c1-18(16(19)9-13-5-4-8-20-13)11-12-10-17-15-7-3-2-6-14(12)15/h2-8,10,17H,9,11H2,1H3.